The lowest BCUT2D eigenvalue weighted by Gasteiger charge is -2.34. The first-order chi connectivity index (χ1) is 22.1. The minimum atomic E-state index is -4.18. The number of benzene rings is 4. The zero-order valence-corrected chi connectivity index (χ0v) is 27.8. The van der Waals surface area contributed by atoms with Gasteiger partial charge in [0.05, 0.1) is 17.2 Å². The third kappa shape index (κ3) is 8.97. The van der Waals surface area contributed by atoms with Gasteiger partial charge in [0.25, 0.3) is 10.0 Å². The summed E-state index contributed by atoms with van der Waals surface area (Å²) in [6.45, 7) is 8.20. The zero-order valence-electron chi connectivity index (χ0n) is 27.0. The SMILES string of the molecule is CCCNC(=O)C(Cc1ccccc1)N(Cc1cccc(C)c1)C(=O)CN(c1ccc(OCC)cc1)S(=O)(=O)c1ccc(C)cc1. The van der Waals surface area contributed by atoms with Gasteiger partial charge < -0.3 is 15.0 Å². The van der Waals surface area contributed by atoms with E-state index in [9.17, 15) is 18.0 Å². The molecule has 0 aliphatic heterocycles. The summed E-state index contributed by atoms with van der Waals surface area (Å²) in [7, 11) is -4.18. The van der Waals surface area contributed by atoms with Crippen molar-refractivity contribution in [2.24, 2.45) is 0 Å². The van der Waals surface area contributed by atoms with Crippen molar-refractivity contribution in [2.45, 2.75) is 58.0 Å². The number of carbonyl (C=O) groups excluding carboxylic acids is 2. The number of nitrogens with zero attached hydrogens (tertiary/aromatic N) is 2. The largest absolute Gasteiger partial charge is 0.494 e. The zero-order chi connectivity index (χ0) is 33.1. The van der Waals surface area contributed by atoms with Gasteiger partial charge in [-0.15, -0.1) is 0 Å². The molecule has 2 amide bonds. The molecule has 0 radical (unpaired) electrons. The summed E-state index contributed by atoms with van der Waals surface area (Å²) in [6, 6.07) is 29.5. The van der Waals surface area contributed by atoms with Crippen molar-refractivity contribution in [3.05, 3.63) is 125 Å². The van der Waals surface area contributed by atoms with Crippen molar-refractivity contribution >= 4 is 27.5 Å². The summed E-state index contributed by atoms with van der Waals surface area (Å²) in [5.41, 5.74) is 3.95. The molecule has 4 aromatic rings. The van der Waals surface area contributed by atoms with Gasteiger partial charge in [0.2, 0.25) is 11.8 Å². The molecule has 0 aliphatic rings. The second-order valence-corrected chi connectivity index (χ2v) is 13.1. The average molecular weight is 642 g/mol. The molecule has 0 spiro atoms. The number of carbonyl (C=O) groups is 2. The Hall–Kier alpha value is -4.63. The minimum absolute atomic E-state index is 0.0616. The van der Waals surface area contributed by atoms with Crippen LogP contribution in [0.1, 0.15) is 42.5 Å². The van der Waals surface area contributed by atoms with Crippen LogP contribution in [0.3, 0.4) is 0 Å². The van der Waals surface area contributed by atoms with Crippen LogP contribution < -0.4 is 14.4 Å². The molecule has 0 aromatic heterocycles. The van der Waals surface area contributed by atoms with Crippen LogP contribution in [0.2, 0.25) is 0 Å². The first kappa shape index (κ1) is 34.2. The highest BCUT2D eigenvalue weighted by Gasteiger charge is 2.34. The van der Waals surface area contributed by atoms with Gasteiger partial charge in [-0.25, -0.2) is 8.42 Å². The second-order valence-electron chi connectivity index (χ2n) is 11.3. The van der Waals surface area contributed by atoms with E-state index in [2.05, 4.69) is 5.32 Å². The first-order valence-electron chi connectivity index (χ1n) is 15.6. The average Bonchev–Trinajstić information content (AvgIpc) is 3.05. The van der Waals surface area contributed by atoms with E-state index in [0.29, 0.717) is 24.6 Å². The molecule has 0 bridgehead atoms. The Balaban J connectivity index is 1.79. The predicted octanol–water partition coefficient (Wildman–Crippen LogP) is 6.06. The number of ether oxygens (including phenoxy) is 1. The summed E-state index contributed by atoms with van der Waals surface area (Å²) in [5.74, 6) is -0.207. The van der Waals surface area contributed by atoms with E-state index in [-0.39, 0.29) is 23.8 Å². The molecule has 4 aromatic carbocycles. The molecule has 0 saturated heterocycles. The number of rotatable bonds is 15. The lowest BCUT2D eigenvalue weighted by atomic mass is 10.0. The van der Waals surface area contributed by atoms with Crippen molar-refractivity contribution < 1.29 is 22.7 Å². The van der Waals surface area contributed by atoms with E-state index < -0.39 is 28.5 Å². The molecule has 0 aliphatic carbocycles. The molecule has 9 heteroatoms. The molecule has 46 heavy (non-hydrogen) atoms. The normalized spacial score (nSPS) is 11.8. The number of hydrogen-bond acceptors (Lipinski definition) is 5. The lowest BCUT2D eigenvalue weighted by molar-refractivity contribution is -0.140. The van der Waals surface area contributed by atoms with Gasteiger partial charge in [-0.05, 0) is 74.7 Å². The van der Waals surface area contributed by atoms with Crippen LogP contribution in [-0.2, 0) is 32.6 Å². The molecular weight excluding hydrogens is 598 g/mol. The van der Waals surface area contributed by atoms with Crippen LogP contribution in [0.25, 0.3) is 0 Å². The number of aryl methyl sites for hydroxylation is 2. The van der Waals surface area contributed by atoms with Crippen molar-refractivity contribution in [1.82, 2.24) is 10.2 Å². The lowest BCUT2D eigenvalue weighted by Crippen LogP contribution is -2.53. The van der Waals surface area contributed by atoms with Gasteiger partial charge in [0.15, 0.2) is 0 Å². The molecule has 0 saturated carbocycles. The highest BCUT2D eigenvalue weighted by Crippen LogP contribution is 2.27. The monoisotopic (exact) mass is 641 g/mol. The van der Waals surface area contributed by atoms with Crippen LogP contribution in [0.5, 0.6) is 5.75 Å². The van der Waals surface area contributed by atoms with Gasteiger partial charge in [0, 0.05) is 19.5 Å². The van der Waals surface area contributed by atoms with Crippen LogP contribution in [0.4, 0.5) is 5.69 Å². The summed E-state index contributed by atoms with van der Waals surface area (Å²) in [5, 5.41) is 2.97. The number of anilines is 1. The van der Waals surface area contributed by atoms with E-state index in [1.165, 1.54) is 17.0 Å². The van der Waals surface area contributed by atoms with E-state index in [0.717, 1.165) is 33.0 Å². The molecule has 4 rings (SSSR count). The van der Waals surface area contributed by atoms with Gasteiger partial charge in [-0.3, -0.25) is 13.9 Å². The third-order valence-electron chi connectivity index (χ3n) is 7.58. The van der Waals surface area contributed by atoms with Crippen molar-refractivity contribution in [2.75, 3.05) is 24.0 Å². The summed E-state index contributed by atoms with van der Waals surface area (Å²) in [6.07, 6.45) is 0.998. The van der Waals surface area contributed by atoms with Crippen molar-refractivity contribution in [1.29, 1.82) is 0 Å². The summed E-state index contributed by atoms with van der Waals surface area (Å²) < 4.78 is 35.1. The van der Waals surface area contributed by atoms with Crippen LogP contribution in [-0.4, -0.2) is 50.9 Å². The molecule has 1 unspecified atom stereocenters. The van der Waals surface area contributed by atoms with E-state index >= 15 is 0 Å². The molecule has 1 N–H and O–H groups in total. The van der Waals surface area contributed by atoms with E-state index in [4.69, 9.17) is 4.74 Å². The fourth-order valence-electron chi connectivity index (χ4n) is 5.17. The Morgan fingerprint density at radius 3 is 2.11 bits per heavy atom. The van der Waals surface area contributed by atoms with E-state index in [1.807, 2.05) is 82.3 Å². The van der Waals surface area contributed by atoms with Crippen LogP contribution in [0, 0.1) is 13.8 Å². The smallest absolute Gasteiger partial charge is 0.264 e. The quantitative estimate of drug-likeness (QED) is 0.170. The maximum atomic E-state index is 14.5. The molecule has 242 valence electrons. The molecule has 0 fully saturated rings. The Bertz CT molecular complexity index is 1690. The standard InChI is InChI=1S/C37H43N3O5S/c1-5-23-38-37(42)35(25-30-12-8-7-9-13-30)39(26-31-14-10-11-29(4)24-31)36(41)27-40(32-17-19-33(20-18-32)45-6-2)46(43,44)34-21-15-28(3)16-22-34/h7-22,24,35H,5-6,23,25-27H2,1-4H3,(H,38,42). The highest BCUT2D eigenvalue weighted by molar-refractivity contribution is 7.92. The maximum absolute atomic E-state index is 14.5. The minimum Gasteiger partial charge on any atom is -0.494 e. The Kier molecular flexibility index (Phi) is 12.0. The van der Waals surface area contributed by atoms with Gasteiger partial charge in [-0.1, -0.05) is 84.8 Å². The fraction of sp³-hybridized carbons (Fsp3) is 0.297. The number of hydrogen-bond donors (Lipinski definition) is 1. The predicted molar refractivity (Wildman–Crippen MR) is 182 cm³/mol. The van der Waals surface area contributed by atoms with Crippen LogP contribution >= 0.6 is 0 Å². The number of sulfonamides is 1. The Labute approximate surface area is 273 Å². The van der Waals surface area contributed by atoms with Crippen LogP contribution in [0.15, 0.2) is 108 Å². The number of amides is 2. The summed E-state index contributed by atoms with van der Waals surface area (Å²) in [4.78, 5) is 29.9. The van der Waals surface area contributed by atoms with Crippen molar-refractivity contribution in [3.8, 4) is 5.75 Å². The van der Waals surface area contributed by atoms with Gasteiger partial charge >= 0.3 is 0 Å². The topological polar surface area (TPSA) is 96.0 Å². The Morgan fingerprint density at radius 2 is 1.48 bits per heavy atom. The highest BCUT2D eigenvalue weighted by atomic mass is 32.2. The van der Waals surface area contributed by atoms with E-state index in [1.54, 1.807) is 36.4 Å². The number of nitrogens with one attached hydrogen (secondary N) is 1. The third-order valence-corrected chi connectivity index (χ3v) is 9.37. The molecule has 1 atom stereocenters. The molecular formula is C37H43N3O5S. The summed E-state index contributed by atoms with van der Waals surface area (Å²) >= 11 is 0. The fourth-order valence-corrected chi connectivity index (χ4v) is 6.58. The van der Waals surface area contributed by atoms with Gasteiger partial charge in [-0.2, -0.15) is 0 Å². The molecule has 0 heterocycles. The molecule has 8 nitrogen and oxygen atoms in total. The van der Waals surface area contributed by atoms with Gasteiger partial charge in [0.1, 0.15) is 18.3 Å². The maximum Gasteiger partial charge on any atom is 0.264 e. The second kappa shape index (κ2) is 16.1. The first-order valence-corrected chi connectivity index (χ1v) is 17.0. The Morgan fingerprint density at radius 1 is 0.804 bits per heavy atom. The van der Waals surface area contributed by atoms with Crippen molar-refractivity contribution in [3.63, 3.8) is 0 Å².